The van der Waals surface area contributed by atoms with Crippen molar-refractivity contribution < 1.29 is 37.5 Å². The van der Waals surface area contributed by atoms with Gasteiger partial charge in [0.1, 0.15) is 0 Å². The van der Waals surface area contributed by atoms with Crippen LogP contribution in [0.2, 0.25) is 3.93 Å². The number of rotatable bonds is 3. The molecule has 0 amide bonds. The third-order valence-corrected chi connectivity index (χ3v) is 12.2. The molecule has 0 aromatic carbocycles. The fraction of sp³-hybridized carbons (Fsp3) is 0.333. The SMILES string of the molecule is C[CH2][Hg][c]1ccsc1S(=O)(=O)O. The van der Waals surface area contributed by atoms with Crippen LogP contribution in [0.5, 0.6) is 0 Å². The van der Waals surface area contributed by atoms with Crippen molar-refractivity contribution in [3.05, 3.63) is 11.4 Å². The Hall–Kier alpha value is 0.545. The standard InChI is InChI=1S/C4H3O3S2.C2H5.Hg/c5-9(6,7)4-2-1-3-8-4;1-2;/h1,3H,(H,5,6,7);1H2,2H3;. The zero-order valence-corrected chi connectivity index (χ0v) is 13.8. The summed E-state index contributed by atoms with van der Waals surface area (Å²) in [7, 11) is -3.94. The van der Waals surface area contributed by atoms with E-state index in [2.05, 4.69) is 6.92 Å². The molecule has 0 spiro atoms. The Bertz CT molecular complexity index is 355. The number of hydrogen-bond acceptors (Lipinski definition) is 3. The fourth-order valence-electron chi connectivity index (χ4n) is 1.00. The van der Waals surface area contributed by atoms with E-state index in [9.17, 15) is 8.42 Å². The van der Waals surface area contributed by atoms with Gasteiger partial charge >= 0.3 is 88.6 Å². The first-order valence-corrected chi connectivity index (χ1v) is 12.5. The molecular formula is C6H8HgO3S2. The molecule has 12 heavy (non-hydrogen) atoms. The third kappa shape index (κ3) is 2.51. The van der Waals surface area contributed by atoms with E-state index in [0.717, 1.165) is 18.3 Å². The molecule has 3 nitrogen and oxygen atoms in total. The molecule has 1 aromatic rings. The minimum absolute atomic E-state index is 0.186. The van der Waals surface area contributed by atoms with Crippen molar-refractivity contribution in [1.29, 1.82) is 0 Å². The summed E-state index contributed by atoms with van der Waals surface area (Å²) in [4.78, 5) is 0. The fourth-order valence-corrected chi connectivity index (χ4v) is 12.2. The molecule has 0 radical (unpaired) electrons. The van der Waals surface area contributed by atoms with Crippen LogP contribution in [0, 0.1) is 0 Å². The van der Waals surface area contributed by atoms with Crippen LogP contribution in [0.1, 0.15) is 6.92 Å². The Morgan fingerprint density at radius 1 is 1.67 bits per heavy atom. The second-order valence-corrected chi connectivity index (χ2v) is 13.8. The van der Waals surface area contributed by atoms with Gasteiger partial charge in [0.15, 0.2) is 0 Å². The maximum absolute atomic E-state index is 10.8. The summed E-state index contributed by atoms with van der Waals surface area (Å²) in [5, 5.41) is 1.73. The average molecular weight is 393 g/mol. The Balaban J connectivity index is 3.08. The van der Waals surface area contributed by atoms with E-state index >= 15 is 0 Å². The summed E-state index contributed by atoms with van der Waals surface area (Å²) >= 11 is -0.0959. The number of thiophene rings is 1. The molecule has 0 unspecified atom stereocenters. The van der Waals surface area contributed by atoms with Gasteiger partial charge in [0.2, 0.25) is 0 Å². The van der Waals surface area contributed by atoms with E-state index in [-0.39, 0.29) is 4.21 Å². The quantitative estimate of drug-likeness (QED) is 0.620. The Labute approximate surface area is 88.0 Å². The van der Waals surface area contributed by atoms with Crippen molar-refractivity contribution in [2.45, 2.75) is 15.1 Å². The van der Waals surface area contributed by atoms with E-state index < -0.39 is 34.7 Å². The van der Waals surface area contributed by atoms with Gasteiger partial charge in [0.25, 0.3) is 0 Å². The predicted octanol–water partition coefficient (Wildman–Crippen LogP) is 1.14. The molecule has 1 heterocycles. The normalized spacial score (nSPS) is 11.2. The predicted molar refractivity (Wildman–Crippen MR) is 44.2 cm³/mol. The summed E-state index contributed by atoms with van der Waals surface area (Å²) in [6.45, 7) is 2.06. The van der Waals surface area contributed by atoms with Crippen molar-refractivity contribution >= 4 is 24.5 Å². The second kappa shape index (κ2) is 4.17. The van der Waals surface area contributed by atoms with Crippen molar-refractivity contribution in [3.8, 4) is 0 Å². The van der Waals surface area contributed by atoms with Crippen LogP contribution in [0.4, 0.5) is 0 Å². The molecule has 0 aliphatic heterocycles. The van der Waals surface area contributed by atoms with Crippen LogP contribution in [0.25, 0.3) is 0 Å². The molecule has 1 N–H and O–H groups in total. The summed E-state index contributed by atoms with van der Waals surface area (Å²) in [6.07, 6.45) is 0. The maximum atomic E-state index is 10.8. The van der Waals surface area contributed by atoms with Crippen LogP contribution < -0.4 is 3.07 Å². The molecule has 0 atom stereocenters. The van der Waals surface area contributed by atoms with Gasteiger partial charge in [0.05, 0.1) is 0 Å². The summed E-state index contributed by atoms with van der Waals surface area (Å²) in [6, 6.07) is 1.83. The van der Waals surface area contributed by atoms with E-state index in [0.29, 0.717) is 0 Å². The topological polar surface area (TPSA) is 54.4 Å². The Morgan fingerprint density at radius 2 is 2.33 bits per heavy atom. The van der Waals surface area contributed by atoms with Crippen LogP contribution in [-0.4, -0.2) is 13.0 Å². The van der Waals surface area contributed by atoms with Gasteiger partial charge in [-0.05, 0) is 0 Å². The molecule has 64 valence electrons. The van der Waals surface area contributed by atoms with Crippen molar-refractivity contribution in [2.24, 2.45) is 0 Å². The Morgan fingerprint density at radius 3 is 2.83 bits per heavy atom. The summed E-state index contributed by atoms with van der Waals surface area (Å²) in [5.41, 5.74) is 0. The molecule has 6 heteroatoms. The zero-order chi connectivity index (χ0) is 9.19. The second-order valence-electron chi connectivity index (χ2n) is 2.46. The first-order chi connectivity index (χ1) is 5.55. The van der Waals surface area contributed by atoms with Gasteiger partial charge in [0, 0.05) is 0 Å². The van der Waals surface area contributed by atoms with Crippen molar-refractivity contribution in [2.75, 3.05) is 0 Å². The summed E-state index contributed by atoms with van der Waals surface area (Å²) < 4.78 is 32.6. The Kier molecular flexibility index (Phi) is 3.69. The van der Waals surface area contributed by atoms with Crippen molar-refractivity contribution in [1.82, 2.24) is 0 Å². The molecule has 1 rings (SSSR count). The monoisotopic (exact) mass is 394 g/mol. The van der Waals surface area contributed by atoms with Gasteiger partial charge in [-0.1, -0.05) is 0 Å². The van der Waals surface area contributed by atoms with Crippen molar-refractivity contribution in [3.63, 3.8) is 0 Å². The molecule has 0 fully saturated rings. The third-order valence-electron chi connectivity index (χ3n) is 1.46. The average Bonchev–Trinajstić information content (AvgIpc) is 2.34. The van der Waals surface area contributed by atoms with E-state index in [1.54, 1.807) is 5.38 Å². The molecule has 0 aliphatic rings. The first-order valence-electron chi connectivity index (χ1n) is 3.59. The van der Waals surface area contributed by atoms with Crippen LogP contribution in [0.15, 0.2) is 15.7 Å². The molecule has 1 aromatic heterocycles. The van der Waals surface area contributed by atoms with Gasteiger partial charge in [-0.25, -0.2) is 0 Å². The molecular weight excluding hydrogens is 385 g/mol. The first kappa shape index (κ1) is 10.6. The van der Waals surface area contributed by atoms with Gasteiger partial charge < -0.3 is 0 Å². The molecule has 0 saturated heterocycles. The zero-order valence-electron chi connectivity index (χ0n) is 6.65. The van der Waals surface area contributed by atoms with Gasteiger partial charge in [-0.3, -0.25) is 0 Å². The van der Waals surface area contributed by atoms with Gasteiger partial charge in [-0.2, -0.15) is 0 Å². The van der Waals surface area contributed by atoms with Crippen LogP contribution >= 0.6 is 11.3 Å². The minimum atomic E-state index is -3.94. The van der Waals surface area contributed by atoms with Gasteiger partial charge in [-0.15, -0.1) is 0 Å². The van der Waals surface area contributed by atoms with Crippen LogP contribution in [0.3, 0.4) is 0 Å². The van der Waals surface area contributed by atoms with E-state index in [4.69, 9.17) is 4.55 Å². The number of hydrogen-bond donors (Lipinski definition) is 1. The van der Waals surface area contributed by atoms with E-state index in [1.165, 1.54) is 0 Å². The molecule has 0 aliphatic carbocycles. The van der Waals surface area contributed by atoms with E-state index in [1.807, 2.05) is 6.07 Å². The molecule has 0 saturated carbocycles. The summed E-state index contributed by atoms with van der Waals surface area (Å²) in [5.74, 6) is 0. The molecule has 0 bridgehead atoms. The van der Waals surface area contributed by atoms with Crippen LogP contribution in [-0.2, 0) is 34.7 Å².